The van der Waals surface area contributed by atoms with Crippen molar-refractivity contribution in [2.24, 2.45) is 0 Å². The van der Waals surface area contributed by atoms with E-state index in [4.69, 9.17) is 4.74 Å². The number of hydrogen-bond acceptors (Lipinski definition) is 5. The Kier molecular flexibility index (Phi) is 9.37. The van der Waals surface area contributed by atoms with Crippen molar-refractivity contribution in [3.63, 3.8) is 0 Å². The summed E-state index contributed by atoms with van der Waals surface area (Å²) in [7, 11) is -3.77. The number of rotatable bonds is 11. The fourth-order valence-electron chi connectivity index (χ4n) is 4.35. The van der Waals surface area contributed by atoms with Crippen LogP contribution in [0.25, 0.3) is 0 Å². The lowest BCUT2D eigenvalue weighted by molar-refractivity contribution is -0.139. The molecule has 1 fully saturated rings. The van der Waals surface area contributed by atoms with Gasteiger partial charge in [-0.15, -0.1) is 0 Å². The molecule has 2 amide bonds. The molecule has 0 bridgehead atoms. The zero-order chi connectivity index (χ0) is 26.3. The molecule has 9 heteroatoms. The Labute approximate surface area is 214 Å². The summed E-state index contributed by atoms with van der Waals surface area (Å²) < 4.78 is 31.9. The summed E-state index contributed by atoms with van der Waals surface area (Å²) in [6, 6.07) is 13.6. The van der Waals surface area contributed by atoms with Gasteiger partial charge in [0.1, 0.15) is 18.3 Å². The minimum atomic E-state index is -3.77. The van der Waals surface area contributed by atoms with E-state index in [1.54, 1.807) is 31.2 Å². The Bertz CT molecular complexity index is 1130. The molecule has 0 saturated heterocycles. The van der Waals surface area contributed by atoms with E-state index < -0.39 is 28.5 Å². The van der Waals surface area contributed by atoms with Gasteiger partial charge >= 0.3 is 0 Å². The smallest absolute Gasteiger partial charge is 0.244 e. The number of sulfonamides is 1. The molecule has 0 radical (unpaired) electrons. The Morgan fingerprint density at radius 1 is 1.06 bits per heavy atom. The molecule has 0 aliphatic heterocycles. The number of hydrogen-bond donors (Lipinski definition) is 1. The summed E-state index contributed by atoms with van der Waals surface area (Å²) in [4.78, 5) is 28.2. The third kappa shape index (κ3) is 7.46. The molecule has 8 nitrogen and oxygen atoms in total. The van der Waals surface area contributed by atoms with Crippen LogP contribution in [0, 0.1) is 6.92 Å². The largest absolute Gasteiger partial charge is 0.494 e. The molecular weight excluding hydrogens is 478 g/mol. The van der Waals surface area contributed by atoms with Gasteiger partial charge in [-0.25, -0.2) is 8.42 Å². The van der Waals surface area contributed by atoms with Crippen LogP contribution in [0.5, 0.6) is 5.75 Å². The second-order valence-electron chi connectivity index (χ2n) is 9.37. The van der Waals surface area contributed by atoms with Crippen LogP contribution in [-0.2, 0) is 26.2 Å². The van der Waals surface area contributed by atoms with Crippen LogP contribution < -0.4 is 14.4 Å². The standard InChI is InChI=1S/C27H37N3O5S/c1-5-35-25-16-14-24(15-17-25)30(36(4,33)34)19-26(31)29(18-22-12-10-20(2)11-13-22)21(3)27(32)28-23-8-6-7-9-23/h10-17,21,23H,5-9,18-19H2,1-4H3,(H,28,32)/t21-/m1/s1. The van der Waals surface area contributed by atoms with Crippen molar-refractivity contribution in [2.45, 2.75) is 65.1 Å². The molecule has 1 aliphatic rings. The number of amides is 2. The van der Waals surface area contributed by atoms with Crippen LogP contribution in [0.2, 0.25) is 0 Å². The van der Waals surface area contributed by atoms with E-state index in [9.17, 15) is 18.0 Å². The van der Waals surface area contributed by atoms with Crippen LogP contribution in [0.1, 0.15) is 50.7 Å². The Balaban J connectivity index is 1.85. The van der Waals surface area contributed by atoms with Crippen LogP contribution in [0.4, 0.5) is 5.69 Å². The van der Waals surface area contributed by atoms with E-state index in [1.165, 1.54) is 4.90 Å². The first kappa shape index (κ1) is 27.5. The summed E-state index contributed by atoms with van der Waals surface area (Å²) in [6.45, 7) is 5.80. The molecule has 3 rings (SSSR count). The first-order valence-electron chi connectivity index (χ1n) is 12.4. The van der Waals surface area contributed by atoms with Crippen LogP contribution >= 0.6 is 0 Å². The Hall–Kier alpha value is -3.07. The third-order valence-electron chi connectivity index (χ3n) is 6.46. The molecule has 0 spiro atoms. The molecular formula is C27H37N3O5S. The predicted octanol–water partition coefficient (Wildman–Crippen LogP) is 3.64. The predicted molar refractivity (Wildman–Crippen MR) is 141 cm³/mol. The molecule has 0 aromatic heterocycles. The van der Waals surface area contributed by atoms with Crippen molar-refractivity contribution >= 4 is 27.5 Å². The first-order valence-corrected chi connectivity index (χ1v) is 14.3. The maximum atomic E-state index is 13.6. The number of aryl methyl sites for hydroxylation is 1. The maximum absolute atomic E-state index is 13.6. The number of carbonyl (C=O) groups is 2. The highest BCUT2D eigenvalue weighted by Gasteiger charge is 2.31. The topological polar surface area (TPSA) is 96.0 Å². The molecule has 0 unspecified atom stereocenters. The Morgan fingerprint density at radius 2 is 1.67 bits per heavy atom. The van der Waals surface area contributed by atoms with Gasteiger partial charge in [0.25, 0.3) is 0 Å². The van der Waals surface area contributed by atoms with Gasteiger partial charge in [-0.1, -0.05) is 42.7 Å². The zero-order valence-corrected chi connectivity index (χ0v) is 22.4. The van der Waals surface area contributed by atoms with Gasteiger partial charge in [0.15, 0.2) is 0 Å². The van der Waals surface area contributed by atoms with Gasteiger partial charge in [0.05, 0.1) is 18.6 Å². The number of nitrogens with one attached hydrogen (secondary N) is 1. The molecule has 2 aromatic carbocycles. The average molecular weight is 516 g/mol. The molecule has 2 aromatic rings. The molecule has 0 heterocycles. The highest BCUT2D eigenvalue weighted by molar-refractivity contribution is 7.92. The summed E-state index contributed by atoms with van der Waals surface area (Å²) in [5.74, 6) is -0.0717. The second-order valence-corrected chi connectivity index (χ2v) is 11.3. The van der Waals surface area contributed by atoms with Crippen molar-refractivity contribution in [1.29, 1.82) is 0 Å². The van der Waals surface area contributed by atoms with Crippen molar-refractivity contribution in [1.82, 2.24) is 10.2 Å². The van der Waals surface area contributed by atoms with E-state index in [0.717, 1.165) is 47.4 Å². The molecule has 36 heavy (non-hydrogen) atoms. The number of anilines is 1. The van der Waals surface area contributed by atoms with Crippen molar-refractivity contribution < 1.29 is 22.7 Å². The molecule has 1 saturated carbocycles. The fourth-order valence-corrected chi connectivity index (χ4v) is 5.20. The summed E-state index contributed by atoms with van der Waals surface area (Å²) in [6.07, 6.45) is 5.10. The van der Waals surface area contributed by atoms with Crippen molar-refractivity contribution in [2.75, 3.05) is 23.7 Å². The van der Waals surface area contributed by atoms with E-state index >= 15 is 0 Å². The van der Waals surface area contributed by atoms with Gasteiger partial charge in [-0.2, -0.15) is 0 Å². The van der Waals surface area contributed by atoms with E-state index in [1.807, 2.05) is 38.1 Å². The molecule has 1 aliphatic carbocycles. The summed E-state index contributed by atoms with van der Waals surface area (Å²) in [5.41, 5.74) is 2.30. The van der Waals surface area contributed by atoms with Crippen molar-refractivity contribution in [3.05, 3.63) is 59.7 Å². The minimum absolute atomic E-state index is 0.118. The first-order chi connectivity index (χ1) is 17.1. The SMILES string of the molecule is CCOc1ccc(N(CC(=O)N(Cc2ccc(C)cc2)[C@H](C)C(=O)NC2CCCC2)S(C)(=O)=O)cc1. The highest BCUT2D eigenvalue weighted by atomic mass is 32.2. The lowest BCUT2D eigenvalue weighted by atomic mass is 10.1. The average Bonchev–Trinajstić information content (AvgIpc) is 3.35. The zero-order valence-electron chi connectivity index (χ0n) is 21.6. The number of ether oxygens (including phenoxy) is 1. The van der Waals surface area contributed by atoms with E-state index in [0.29, 0.717) is 18.0 Å². The number of carbonyl (C=O) groups excluding carboxylic acids is 2. The normalized spacial score (nSPS) is 14.8. The van der Waals surface area contributed by atoms with Crippen LogP contribution in [0.15, 0.2) is 48.5 Å². The summed E-state index contributed by atoms with van der Waals surface area (Å²) in [5, 5.41) is 3.06. The van der Waals surface area contributed by atoms with E-state index in [-0.39, 0.29) is 18.5 Å². The fraction of sp³-hybridized carbons (Fsp3) is 0.481. The molecule has 1 atom stereocenters. The highest BCUT2D eigenvalue weighted by Crippen LogP contribution is 2.23. The van der Waals surface area contributed by atoms with Crippen LogP contribution in [-0.4, -0.2) is 56.6 Å². The van der Waals surface area contributed by atoms with Gasteiger partial charge < -0.3 is 15.0 Å². The van der Waals surface area contributed by atoms with Gasteiger partial charge in [0.2, 0.25) is 21.8 Å². The van der Waals surface area contributed by atoms with Crippen molar-refractivity contribution in [3.8, 4) is 5.75 Å². The number of nitrogens with zero attached hydrogens (tertiary/aromatic N) is 2. The van der Waals surface area contributed by atoms with E-state index in [2.05, 4.69) is 5.32 Å². The van der Waals surface area contributed by atoms with Gasteiger partial charge in [-0.05, 0) is 63.4 Å². The van der Waals surface area contributed by atoms with Gasteiger partial charge in [0, 0.05) is 12.6 Å². The summed E-state index contributed by atoms with van der Waals surface area (Å²) >= 11 is 0. The molecule has 196 valence electrons. The lowest BCUT2D eigenvalue weighted by Crippen LogP contribution is -2.52. The second kappa shape index (κ2) is 12.3. The monoisotopic (exact) mass is 515 g/mol. The number of benzene rings is 2. The Morgan fingerprint density at radius 3 is 2.22 bits per heavy atom. The van der Waals surface area contributed by atoms with Crippen LogP contribution in [0.3, 0.4) is 0 Å². The minimum Gasteiger partial charge on any atom is -0.494 e. The molecule has 1 N–H and O–H groups in total. The lowest BCUT2D eigenvalue weighted by Gasteiger charge is -2.32. The quantitative estimate of drug-likeness (QED) is 0.493. The third-order valence-corrected chi connectivity index (χ3v) is 7.60. The van der Waals surface area contributed by atoms with Gasteiger partial charge in [-0.3, -0.25) is 13.9 Å². The maximum Gasteiger partial charge on any atom is 0.244 e.